The Morgan fingerprint density at radius 1 is 1.25 bits per heavy atom. The van der Waals surface area contributed by atoms with Crippen LogP contribution in [0, 0.1) is 11.3 Å². The highest BCUT2D eigenvalue weighted by atomic mass is 15.3. The number of hydrogen-bond acceptors (Lipinski definition) is 5. The first kappa shape index (κ1) is 12.6. The number of aryl methyl sites for hydroxylation is 1. The van der Waals surface area contributed by atoms with E-state index in [1.807, 2.05) is 12.1 Å². The molecule has 0 unspecified atom stereocenters. The van der Waals surface area contributed by atoms with Gasteiger partial charge < -0.3 is 9.88 Å². The van der Waals surface area contributed by atoms with E-state index in [2.05, 4.69) is 25.1 Å². The normalized spacial score (nSPS) is 14.2. The van der Waals surface area contributed by atoms with E-state index in [9.17, 15) is 0 Å². The van der Waals surface area contributed by atoms with Crippen LogP contribution in [-0.4, -0.2) is 19.7 Å². The van der Waals surface area contributed by atoms with Gasteiger partial charge >= 0.3 is 0 Å². The molecule has 0 bridgehead atoms. The summed E-state index contributed by atoms with van der Waals surface area (Å²) in [7, 11) is 0. The quantitative estimate of drug-likeness (QED) is 0.919. The summed E-state index contributed by atoms with van der Waals surface area (Å²) in [6.07, 6.45) is 6.33. The molecule has 0 radical (unpaired) electrons. The van der Waals surface area contributed by atoms with Crippen LogP contribution >= 0.6 is 0 Å². The Balaban J connectivity index is 1.69. The molecule has 0 amide bonds. The van der Waals surface area contributed by atoms with Crippen LogP contribution in [0.2, 0.25) is 0 Å². The molecule has 0 aromatic carbocycles. The summed E-state index contributed by atoms with van der Waals surface area (Å²) in [6, 6.07) is 5.56. The molecule has 0 spiro atoms. The summed E-state index contributed by atoms with van der Waals surface area (Å²) in [5, 5.41) is 20.5. The fourth-order valence-electron chi connectivity index (χ4n) is 2.42. The number of nitrogens with one attached hydrogen (secondary N) is 1. The molecular weight excluding hydrogens is 252 g/mol. The van der Waals surface area contributed by atoms with Crippen molar-refractivity contribution in [1.29, 1.82) is 5.26 Å². The van der Waals surface area contributed by atoms with Crippen molar-refractivity contribution in [1.82, 2.24) is 19.7 Å². The zero-order valence-corrected chi connectivity index (χ0v) is 11.2. The Bertz CT molecular complexity index is 622. The van der Waals surface area contributed by atoms with Crippen molar-refractivity contribution in [2.24, 2.45) is 0 Å². The number of fused-ring (bicyclic) bond motifs is 1. The van der Waals surface area contributed by atoms with Crippen LogP contribution in [0.3, 0.4) is 0 Å². The van der Waals surface area contributed by atoms with Gasteiger partial charge in [0.2, 0.25) is 0 Å². The second-order valence-electron chi connectivity index (χ2n) is 4.89. The molecule has 6 nitrogen and oxygen atoms in total. The van der Waals surface area contributed by atoms with E-state index < -0.39 is 0 Å². The topological polar surface area (TPSA) is 79.4 Å². The summed E-state index contributed by atoms with van der Waals surface area (Å²) in [5.41, 5.74) is 1.31. The average Bonchev–Trinajstić information content (AvgIpc) is 2.72. The molecule has 1 aliphatic rings. The Morgan fingerprint density at radius 2 is 2.20 bits per heavy atom. The van der Waals surface area contributed by atoms with E-state index in [1.54, 1.807) is 12.3 Å². The Kier molecular flexibility index (Phi) is 3.59. The molecule has 1 aliphatic heterocycles. The fraction of sp³-hybridized carbons (Fsp3) is 0.429. The lowest BCUT2D eigenvalue weighted by molar-refractivity contribution is 0.610. The van der Waals surface area contributed by atoms with Crippen LogP contribution in [0.5, 0.6) is 0 Å². The largest absolute Gasteiger partial charge is 0.376 e. The molecule has 20 heavy (non-hydrogen) atoms. The van der Waals surface area contributed by atoms with E-state index in [0.29, 0.717) is 12.2 Å². The first-order valence-electron chi connectivity index (χ1n) is 6.88. The maximum Gasteiger partial charge on any atom is 0.152 e. The average molecular weight is 268 g/mol. The summed E-state index contributed by atoms with van der Waals surface area (Å²) in [5.74, 6) is 2.06. The minimum Gasteiger partial charge on any atom is -0.376 e. The number of hydrogen-bond donors (Lipinski definition) is 1. The van der Waals surface area contributed by atoms with Crippen LogP contribution in [0.15, 0.2) is 18.3 Å². The van der Waals surface area contributed by atoms with Crippen molar-refractivity contribution < 1.29 is 0 Å². The molecule has 1 N–H and O–H groups in total. The van der Waals surface area contributed by atoms with E-state index in [4.69, 9.17) is 5.26 Å². The Morgan fingerprint density at radius 3 is 3.00 bits per heavy atom. The number of nitriles is 1. The highest BCUT2D eigenvalue weighted by Crippen LogP contribution is 2.15. The Labute approximate surface area is 117 Å². The molecule has 3 heterocycles. The number of aromatic nitrogens is 4. The van der Waals surface area contributed by atoms with Crippen molar-refractivity contribution >= 4 is 5.69 Å². The van der Waals surface area contributed by atoms with Gasteiger partial charge in [0.25, 0.3) is 0 Å². The predicted molar refractivity (Wildman–Crippen MR) is 73.9 cm³/mol. The standard InChI is InChI=1S/C14H16N6/c15-8-11-5-6-12(9-16-11)17-10-14-19-18-13-4-2-1-3-7-20(13)14/h5-6,9,17H,1-4,7,10H2. The third-order valence-corrected chi connectivity index (χ3v) is 3.51. The number of nitrogens with zero attached hydrogens (tertiary/aromatic N) is 5. The maximum atomic E-state index is 8.71. The molecule has 3 rings (SSSR count). The van der Waals surface area contributed by atoms with Crippen LogP contribution < -0.4 is 5.32 Å². The molecule has 0 fully saturated rings. The van der Waals surface area contributed by atoms with Gasteiger partial charge in [0.1, 0.15) is 17.6 Å². The SMILES string of the molecule is N#Cc1ccc(NCc2nnc3n2CCCCC3)cn1. The molecule has 0 aliphatic carbocycles. The second kappa shape index (κ2) is 5.70. The van der Waals surface area contributed by atoms with Gasteiger partial charge in [0, 0.05) is 13.0 Å². The first-order valence-corrected chi connectivity index (χ1v) is 6.88. The maximum absolute atomic E-state index is 8.71. The lowest BCUT2D eigenvalue weighted by Gasteiger charge is -2.08. The van der Waals surface area contributed by atoms with Crippen LogP contribution in [-0.2, 0) is 19.5 Å². The summed E-state index contributed by atoms with van der Waals surface area (Å²) in [6.45, 7) is 1.63. The third-order valence-electron chi connectivity index (χ3n) is 3.51. The van der Waals surface area contributed by atoms with Gasteiger partial charge in [-0.15, -0.1) is 10.2 Å². The third kappa shape index (κ3) is 2.62. The van der Waals surface area contributed by atoms with Crippen molar-refractivity contribution in [2.45, 2.75) is 38.8 Å². The number of pyridine rings is 1. The number of rotatable bonds is 3. The van der Waals surface area contributed by atoms with Gasteiger partial charge in [0.15, 0.2) is 5.82 Å². The molecule has 6 heteroatoms. The van der Waals surface area contributed by atoms with Crippen molar-refractivity contribution in [3.8, 4) is 6.07 Å². The highest BCUT2D eigenvalue weighted by Gasteiger charge is 2.14. The lowest BCUT2D eigenvalue weighted by Crippen LogP contribution is -2.10. The van der Waals surface area contributed by atoms with Gasteiger partial charge in [-0.1, -0.05) is 6.42 Å². The summed E-state index contributed by atoms with van der Waals surface area (Å²) >= 11 is 0. The smallest absolute Gasteiger partial charge is 0.152 e. The fourth-order valence-corrected chi connectivity index (χ4v) is 2.42. The molecule has 0 atom stereocenters. The predicted octanol–water partition coefficient (Wildman–Crippen LogP) is 1.88. The molecule has 2 aromatic rings. The molecule has 102 valence electrons. The van der Waals surface area contributed by atoms with Gasteiger partial charge in [-0.2, -0.15) is 5.26 Å². The monoisotopic (exact) mass is 268 g/mol. The van der Waals surface area contributed by atoms with Crippen LogP contribution in [0.25, 0.3) is 0 Å². The van der Waals surface area contributed by atoms with Gasteiger partial charge in [-0.25, -0.2) is 4.98 Å². The van der Waals surface area contributed by atoms with Crippen LogP contribution in [0.1, 0.15) is 36.6 Å². The zero-order valence-electron chi connectivity index (χ0n) is 11.2. The molecule has 0 saturated heterocycles. The van der Waals surface area contributed by atoms with Crippen molar-refractivity contribution in [2.75, 3.05) is 5.32 Å². The zero-order chi connectivity index (χ0) is 13.8. The first-order chi connectivity index (χ1) is 9.86. The van der Waals surface area contributed by atoms with E-state index in [1.165, 1.54) is 19.3 Å². The second-order valence-corrected chi connectivity index (χ2v) is 4.89. The summed E-state index contributed by atoms with van der Waals surface area (Å²) < 4.78 is 2.22. The van der Waals surface area contributed by atoms with Crippen molar-refractivity contribution in [3.05, 3.63) is 35.7 Å². The van der Waals surface area contributed by atoms with Crippen molar-refractivity contribution in [3.63, 3.8) is 0 Å². The lowest BCUT2D eigenvalue weighted by atomic mass is 10.2. The minimum absolute atomic E-state index is 0.423. The highest BCUT2D eigenvalue weighted by molar-refractivity contribution is 5.42. The van der Waals surface area contributed by atoms with E-state index in [0.717, 1.165) is 30.3 Å². The van der Waals surface area contributed by atoms with Gasteiger partial charge in [-0.3, -0.25) is 0 Å². The Hall–Kier alpha value is -2.42. The van der Waals surface area contributed by atoms with E-state index >= 15 is 0 Å². The molecule has 0 saturated carbocycles. The van der Waals surface area contributed by atoms with Crippen LogP contribution in [0.4, 0.5) is 5.69 Å². The summed E-state index contributed by atoms with van der Waals surface area (Å²) in [4.78, 5) is 4.03. The van der Waals surface area contributed by atoms with E-state index in [-0.39, 0.29) is 0 Å². The minimum atomic E-state index is 0.423. The number of anilines is 1. The molecule has 2 aromatic heterocycles. The van der Waals surface area contributed by atoms with Gasteiger partial charge in [-0.05, 0) is 25.0 Å². The van der Waals surface area contributed by atoms with Gasteiger partial charge in [0.05, 0.1) is 18.4 Å². The molecular formula is C14H16N6.